The summed E-state index contributed by atoms with van der Waals surface area (Å²) in [6.07, 6.45) is 2.87. The number of rotatable bonds is 3. The molecule has 7 heteroatoms. The van der Waals surface area contributed by atoms with Crippen LogP contribution in [0, 0.1) is 0 Å². The molecule has 0 radical (unpaired) electrons. The number of amides is 3. The molecule has 3 amide bonds. The number of hydrogen-bond acceptors (Lipinski definition) is 5. The molecule has 3 aromatic rings. The number of benzene rings is 1. The smallest absolute Gasteiger partial charge is 0.325 e. The van der Waals surface area contributed by atoms with Crippen molar-refractivity contribution in [3.05, 3.63) is 64.9 Å². The maximum Gasteiger partial charge on any atom is 0.325 e. The number of thiophene rings is 1. The lowest BCUT2D eigenvalue weighted by Gasteiger charge is -2.22. The minimum Gasteiger partial charge on any atom is -0.443 e. The zero-order chi connectivity index (χ0) is 17.7. The van der Waals surface area contributed by atoms with Gasteiger partial charge in [0, 0.05) is 0 Å². The first-order valence-corrected chi connectivity index (χ1v) is 9.26. The third-order valence-electron chi connectivity index (χ3n) is 5.03. The van der Waals surface area contributed by atoms with E-state index in [0.717, 1.165) is 22.4 Å². The number of imide groups is 1. The molecule has 5 rings (SSSR count). The molecule has 0 saturated carbocycles. The van der Waals surface area contributed by atoms with Crippen LogP contribution in [0.1, 0.15) is 23.2 Å². The van der Waals surface area contributed by atoms with E-state index in [9.17, 15) is 9.59 Å². The number of oxazole rings is 1. The summed E-state index contributed by atoms with van der Waals surface area (Å²) in [6, 6.07) is 11.2. The number of fused-ring (bicyclic) bond motifs is 2. The second-order valence-electron chi connectivity index (χ2n) is 6.51. The Hall–Kier alpha value is -2.93. The van der Waals surface area contributed by atoms with Crippen molar-refractivity contribution in [2.75, 3.05) is 0 Å². The first-order chi connectivity index (χ1) is 12.7. The molecule has 0 unspecified atom stereocenters. The SMILES string of the molecule is O=C1N[C@]2(CCc3ccccc32)C(=O)N1Cc1coc(-c2cccs2)n1. The largest absolute Gasteiger partial charge is 0.443 e. The van der Waals surface area contributed by atoms with Gasteiger partial charge in [-0.15, -0.1) is 11.3 Å². The number of aryl methyl sites for hydroxylation is 1. The van der Waals surface area contributed by atoms with Gasteiger partial charge >= 0.3 is 6.03 Å². The van der Waals surface area contributed by atoms with Crippen molar-refractivity contribution in [3.8, 4) is 10.8 Å². The molecule has 1 fully saturated rings. The summed E-state index contributed by atoms with van der Waals surface area (Å²) in [5, 5.41) is 4.86. The molecule has 2 aliphatic rings. The Morgan fingerprint density at radius 2 is 2.12 bits per heavy atom. The minimum absolute atomic E-state index is 0.101. The van der Waals surface area contributed by atoms with Crippen LogP contribution in [0.3, 0.4) is 0 Å². The van der Waals surface area contributed by atoms with Gasteiger partial charge < -0.3 is 9.73 Å². The lowest BCUT2D eigenvalue weighted by atomic mass is 9.92. The van der Waals surface area contributed by atoms with E-state index in [-0.39, 0.29) is 18.5 Å². The summed E-state index contributed by atoms with van der Waals surface area (Å²) in [6.45, 7) is 0.101. The van der Waals surface area contributed by atoms with Gasteiger partial charge in [-0.3, -0.25) is 9.69 Å². The second kappa shape index (κ2) is 5.54. The van der Waals surface area contributed by atoms with E-state index in [1.165, 1.54) is 22.5 Å². The van der Waals surface area contributed by atoms with E-state index in [2.05, 4.69) is 10.3 Å². The maximum atomic E-state index is 13.1. The molecule has 1 aliphatic carbocycles. The van der Waals surface area contributed by atoms with Gasteiger partial charge in [0.2, 0.25) is 5.89 Å². The van der Waals surface area contributed by atoms with Crippen LogP contribution >= 0.6 is 11.3 Å². The molecular formula is C19H15N3O3S. The normalized spacial score (nSPS) is 21.5. The Labute approximate surface area is 153 Å². The predicted octanol–water partition coefficient (Wildman–Crippen LogP) is 3.30. The fourth-order valence-electron chi connectivity index (χ4n) is 3.79. The standard InChI is InChI=1S/C19H15N3O3S/c23-17-19(8-7-12-4-1-2-5-14(12)19)21-18(24)22(17)10-13-11-25-16(20-13)15-6-3-9-26-15/h1-6,9,11H,7-8,10H2,(H,21,24)/t19-/m0/s1. The summed E-state index contributed by atoms with van der Waals surface area (Å²) in [5.74, 6) is 0.288. The summed E-state index contributed by atoms with van der Waals surface area (Å²) in [4.78, 5) is 32.2. The Balaban J connectivity index is 1.43. The third kappa shape index (κ3) is 2.13. The molecular weight excluding hydrogens is 350 g/mol. The molecule has 1 N–H and O–H groups in total. The summed E-state index contributed by atoms with van der Waals surface area (Å²) < 4.78 is 5.49. The quantitative estimate of drug-likeness (QED) is 0.723. The van der Waals surface area contributed by atoms with Gasteiger partial charge in [0.25, 0.3) is 5.91 Å². The zero-order valence-electron chi connectivity index (χ0n) is 13.8. The molecule has 1 aromatic carbocycles. The van der Waals surface area contributed by atoms with Crippen LogP contribution in [0.2, 0.25) is 0 Å². The van der Waals surface area contributed by atoms with Crippen LogP contribution in [0.5, 0.6) is 0 Å². The predicted molar refractivity (Wildman–Crippen MR) is 95.3 cm³/mol. The van der Waals surface area contributed by atoms with Crippen LogP contribution in [0.4, 0.5) is 4.79 Å². The van der Waals surface area contributed by atoms with Crippen molar-refractivity contribution in [1.82, 2.24) is 15.2 Å². The van der Waals surface area contributed by atoms with E-state index in [1.54, 1.807) is 0 Å². The highest BCUT2D eigenvalue weighted by molar-refractivity contribution is 7.13. The van der Waals surface area contributed by atoms with Gasteiger partial charge in [0.15, 0.2) is 0 Å². The van der Waals surface area contributed by atoms with Crippen LogP contribution in [0.15, 0.2) is 52.5 Å². The van der Waals surface area contributed by atoms with Crippen molar-refractivity contribution in [2.24, 2.45) is 0 Å². The first-order valence-electron chi connectivity index (χ1n) is 8.38. The summed E-state index contributed by atoms with van der Waals surface area (Å²) in [5.41, 5.74) is 1.64. The fourth-order valence-corrected chi connectivity index (χ4v) is 4.44. The molecule has 130 valence electrons. The molecule has 1 atom stereocenters. The number of urea groups is 1. The number of aromatic nitrogens is 1. The average Bonchev–Trinajstić information content (AvgIpc) is 3.41. The van der Waals surface area contributed by atoms with Gasteiger partial charge in [-0.1, -0.05) is 30.3 Å². The van der Waals surface area contributed by atoms with Crippen molar-refractivity contribution in [3.63, 3.8) is 0 Å². The fraction of sp³-hybridized carbons (Fsp3) is 0.211. The molecule has 1 aliphatic heterocycles. The first kappa shape index (κ1) is 15.3. The molecule has 6 nitrogen and oxygen atoms in total. The van der Waals surface area contributed by atoms with E-state index in [0.29, 0.717) is 18.0 Å². The van der Waals surface area contributed by atoms with E-state index >= 15 is 0 Å². The third-order valence-corrected chi connectivity index (χ3v) is 5.88. The molecule has 0 bridgehead atoms. The zero-order valence-corrected chi connectivity index (χ0v) is 14.6. The monoisotopic (exact) mass is 365 g/mol. The lowest BCUT2D eigenvalue weighted by Crippen LogP contribution is -2.41. The van der Waals surface area contributed by atoms with Crippen molar-refractivity contribution in [1.29, 1.82) is 0 Å². The lowest BCUT2D eigenvalue weighted by molar-refractivity contribution is -0.132. The molecule has 2 aromatic heterocycles. The highest BCUT2D eigenvalue weighted by atomic mass is 32.1. The molecule has 3 heterocycles. The van der Waals surface area contributed by atoms with Crippen molar-refractivity contribution < 1.29 is 14.0 Å². The van der Waals surface area contributed by atoms with Gasteiger partial charge in [0.1, 0.15) is 11.8 Å². The van der Waals surface area contributed by atoms with Gasteiger partial charge in [-0.2, -0.15) is 0 Å². The van der Waals surface area contributed by atoms with E-state index in [4.69, 9.17) is 4.42 Å². The van der Waals surface area contributed by atoms with E-state index < -0.39 is 5.54 Å². The number of hydrogen-bond donors (Lipinski definition) is 1. The van der Waals surface area contributed by atoms with Gasteiger partial charge in [-0.05, 0) is 35.4 Å². The number of nitrogens with one attached hydrogen (secondary N) is 1. The average molecular weight is 365 g/mol. The number of carbonyl (C=O) groups excluding carboxylic acids is 2. The van der Waals surface area contributed by atoms with E-state index in [1.807, 2.05) is 41.8 Å². The van der Waals surface area contributed by atoms with Crippen LogP contribution < -0.4 is 5.32 Å². The van der Waals surface area contributed by atoms with Crippen molar-refractivity contribution >= 4 is 23.3 Å². The van der Waals surface area contributed by atoms with Gasteiger partial charge in [0.05, 0.1) is 17.1 Å². The molecule has 1 spiro atoms. The highest BCUT2D eigenvalue weighted by Gasteiger charge is 2.55. The Kier molecular flexibility index (Phi) is 3.27. The van der Waals surface area contributed by atoms with Crippen LogP contribution in [-0.2, 0) is 23.3 Å². The summed E-state index contributed by atoms with van der Waals surface area (Å²) in [7, 11) is 0. The second-order valence-corrected chi connectivity index (χ2v) is 7.45. The Bertz CT molecular complexity index is 1010. The maximum absolute atomic E-state index is 13.1. The van der Waals surface area contributed by atoms with Gasteiger partial charge in [-0.25, -0.2) is 9.78 Å². The van der Waals surface area contributed by atoms with Crippen LogP contribution in [-0.4, -0.2) is 21.8 Å². The minimum atomic E-state index is -0.937. The molecule has 26 heavy (non-hydrogen) atoms. The Morgan fingerprint density at radius 3 is 2.96 bits per heavy atom. The number of nitrogens with zero attached hydrogens (tertiary/aromatic N) is 2. The number of carbonyl (C=O) groups is 2. The molecule has 1 saturated heterocycles. The highest BCUT2D eigenvalue weighted by Crippen LogP contribution is 2.41. The van der Waals surface area contributed by atoms with Crippen molar-refractivity contribution in [2.45, 2.75) is 24.9 Å². The summed E-state index contributed by atoms with van der Waals surface area (Å²) >= 11 is 1.52. The Morgan fingerprint density at radius 1 is 1.23 bits per heavy atom. The topological polar surface area (TPSA) is 75.4 Å². The van der Waals surface area contributed by atoms with Crippen LogP contribution in [0.25, 0.3) is 10.8 Å².